The average molecular weight is 666 g/mol. The Balaban J connectivity index is 0.00000252. The van der Waals surface area contributed by atoms with Crippen LogP contribution in [0.15, 0.2) is 79.0 Å². The summed E-state index contributed by atoms with van der Waals surface area (Å²) in [6, 6.07) is 27.5. The fraction of sp³-hybridized carbons (Fsp3) is 0.161. The first-order valence-electron chi connectivity index (χ1n) is 12.4. The van der Waals surface area contributed by atoms with E-state index in [-0.39, 0.29) is 26.8 Å². The van der Waals surface area contributed by atoms with Crippen LogP contribution in [0.4, 0.5) is 0 Å². The standard InChI is InChI=1S/C31H24N3O2.Pt/c1-2-19-16-21(36-29-18-24(20-13-14-20)22-9-7-11-27(35)31(22)33-29)17-26-30(19)23-8-3-4-10-25(23)34(26)28-12-5-6-15-32-28;/h3-12,15-16,18,20,35H,2,13-14H2,1H3;/q-1;. The molecule has 0 saturated heterocycles. The third-order valence-corrected chi connectivity index (χ3v) is 7.06. The number of phenols is 1. The normalized spacial score (nSPS) is 13.2. The van der Waals surface area contributed by atoms with Crippen LogP contribution in [0.3, 0.4) is 0 Å². The van der Waals surface area contributed by atoms with E-state index in [4.69, 9.17) is 4.74 Å². The van der Waals surface area contributed by atoms with Crippen molar-refractivity contribution in [2.75, 3.05) is 0 Å². The molecule has 0 atom stereocenters. The molecule has 3 aromatic carbocycles. The molecule has 0 spiro atoms. The zero-order valence-electron chi connectivity index (χ0n) is 20.2. The molecule has 186 valence electrons. The Labute approximate surface area is 229 Å². The molecule has 3 heterocycles. The van der Waals surface area contributed by atoms with Crippen LogP contribution in [0.1, 0.15) is 36.8 Å². The van der Waals surface area contributed by atoms with Crippen molar-refractivity contribution >= 4 is 32.7 Å². The predicted octanol–water partition coefficient (Wildman–Crippen LogP) is 7.46. The molecule has 6 heteroatoms. The molecule has 0 radical (unpaired) electrons. The van der Waals surface area contributed by atoms with E-state index in [1.54, 1.807) is 6.07 Å². The Morgan fingerprint density at radius 2 is 1.81 bits per heavy atom. The van der Waals surface area contributed by atoms with Crippen molar-refractivity contribution in [1.29, 1.82) is 0 Å². The second-order valence-corrected chi connectivity index (χ2v) is 9.38. The number of phenolic OH excluding ortho intramolecular Hbond substituents is 1. The van der Waals surface area contributed by atoms with Gasteiger partial charge in [-0.05, 0) is 54.0 Å². The monoisotopic (exact) mass is 665 g/mol. The zero-order chi connectivity index (χ0) is 24.2. The van der Waals surface area contributed by atoms with Crippen LogP contribution in [0.2, 0.25) is 0 Å². The second-order valence-electron chi connectivity index (χ2n) is 9.38. The van der Waals surface area contributed by atoms with Gasteiger partial charge in [0, 0.05) is 50.0 Å². The summed E-state index contributed by atoms with van der Waals surface area (Å²) < 4.78 is 8.53. The van der Waals surface area contributed by atoms with Crippen LogP contribution >= 0.6 is 0 Å². The molecule has 1 N–H and O–H groups in total. The Kier molecular flexibility index (Phi) is 5.96. The fourth-order valence-corrected chi connectivity index (χ4v) is 5.26. The third-order valence-electron chi connectivity index (χ3n) is 7.06. The third kappa shape index (κ3) is 3.98. The molecule has 1 aliphatic carbocycles. The number of para-hydroxylation sites is 2. The maximum Gasteiger partial charge on any atom is 0.217 e. The summed E-state index contributed by atoms with van der Waals surface area (Å²) in [7, 11) is 0. The minimum Gasteiger partial charge on any atom is -0.506 e. The van der Waals surface area contributed by atoms with Gasteiger partial charge in [0.1, 0.15) is 17.1 Å². The van der Waals surface area contributed by atoms with Crippen LogP contribution in [0.25, 0.3) is 38.5 Å². The molecule has 7 rings (SSSR count). The Morgan fingerprint density at radius 3 is 2.59 bits per heavy atom. The van der Waals surface area contributed by atoms with Crippen molar-refractivity contribution in [3.05, 3.63) is 96.2 Å². The van der Waals surface area contributed by atoms with Gasteiger partial charge in [0.05, 0.1) is 0 Å². The zero-order valence-corrected chi connectivity index (χ0v) is 22.5. The van der Waals surface area contributed by atoms with E-state index < -0.39 is 0 Å². The molecular formula is C31H24N3O2Pt-. The average Bonchev–Trinajstić information content (AvgIpc) is 3.70. The van der Waals surface area contributed by atoms with Crippen molar-refractivity contribution in [3.63, 3.8) is 0 Å². The summed E-state index contributed by atoms with van der Waals surface area (Å²) in [6.45, 7) is 2.16. The number of pyridine rings is 2. The number of hydrogen-bond donors (Lipinski definition) is 1. The number of aryl methyl sites for hydroxylation is 1. The van der Waals surface area contributed by atoms with Crippen LogP contribution in [-0.4, -0.2) is 19.6 Å². The molecule has 6 aromatic rings. The molecule has 5 nitrogen and oxygen atoms in total. The van der Waals surface area contributed by atoms with E-state index in [0.717, 1.165) is 46.9 Å². The van der Waals surface area contributed by atoms with Crippen LogP contribution in [0.5, 0.6) is 17.4 Å². The first-order valence-corrected chi connectivity index (χ1v) is 12.4. The molecule has 1 aliphatic rings. The largest absolute Gasteiger partial charge is 0.506 e. The maximum absolute atomic E-state index is 10.5. The number of benzene rings is 3. The van der Waals surface area contributed by atoms with Gasteiger partial charge in [0.2, 0.25) is 5.88 Å². The number of hydrogen-bond acceptors (Lipinski definition) is 4. The van der Waals surface area contributed by atoms with E-state index >= 15 is 0 Å². The van der Waals surface area contributed by atoms with E-state index in [9.17, 15) is 5.11 Å². The van der Waals surface area contributed by atoms with Gasteiger partial charge in [-0.15, -0.1) is 17.7 Å². The molecule has 0 unspecified atom stereocenters. The molecule has 3 aromatic heterocycles. The van der Waals surface area contributed by atoms with E-state index in [1.807, 2.05) is 42.6 Å². The quantitative estimate of drug-likeness (QED) is 0.194. The summed E-state index contributed by atoms with van der Waals surface area (Å²) >= 11 is 0. The van der Waals surface area contributed by atoms with Gasteiger partial charge in [0.25, 0.3) is 0 Å². The molecule has 37 heavy (non-hydrogen) atoms. The summed E-state index contributed by atoms with van der Waals surface area (Å²) in [4.78, 5) is 9.32. The molecule has 0 amide bonds. The van der Waals surface area contributed by atoms with Gasteiger partial charge in [-0.3, -0.25) is 0 Å². The van der Waals surface area contributed by atoms with E-state index in [2.05, 4.69) is 57.9 Å². The van der Waals surface area contributed by atoms with Crippen LogP contribution in [0, 0.1) is 6.07 Å². The second kappa shape index (κ2) is 9.31. The Morgan fingerprint density at radius 1 is 1.00 bits per heavy atom. The summed E-state index contributed by atoms with van der Waals surface area (Å²) in [5, 5.41) is 13.8. The number of ether oxygens (including phenoxy) is 1. The summed E-state index contributed by atoms with van der Waals surface area (Å²) in [5.41, 5.74) is 4.95. The number of rotatable bonds is 5. The van der Waals surface area contributed by atoms with Gasteiger partial charge in [-0.2, -0.15) is 0 Å². The number of aromatic nitrogens is 3. The topological polar surface area (TPSA) is 60.2 Å². The van der Waals surface area contributed by atoms with Gasteiger partial charge in [0.15, 0.2) is 0 Å². The van der Waals surface area contributed by atoms with Crippen LogP contribution in [-0.2, 0) is 27.5 Å². The van der Waals surface area contributed by atoms with Gasteiger partial charge < -0.3 is 14.4 Å². The van der Waals surface area contributed by atoms with Crippen molar-refractivity contribution in [3.8, 4) is 23.2 Å². The number of aromatic hydroxyl groups is 1. The van der Waals surface area contributed by atoms with Crippen molar-refractivity contribution in [2.24, 2.45) is 0 Å². The molecule has 1 fully saturated rings. The summed E-state index contributed by atoms with van der Waals surface area (Å²) in [5.74, 6) is 2.57. The number of nitrogens with zero attached hydrogens (tertiary/aromatic N) is 3. The summed E-state index contributed by atoms with van der Waals surface area (Å²) in [6.07, 6.45) is 4.95. The smallest absolute Gasteiger partial charge is 0.217 e. The van der Waals surface area contributed by atoms with Gasteiger partial charge >= 0.3 is 0 Å². The molecular weight excluding hydrogens is 641 g/mol. The number of fused-ring (bicyclic) bond motifs is 4. The first kappa shape index (κ1) is 23.7. The van der Waals surface area contributed by atoms with Crippen molar-refractivity contribution in [1.82, 2.24) is 14.5 Å². The maximum atomic E-state index is 10.5. The SMILES string of the molecule is CCc1cc(Oc2cc(C3CC3)c3cccc(O)c3n2)[c-]c2c1c1ccccc1n2-c1ccccn1.[Pt]. The van der Waals surface area contributed by atoms with Crippen molar-refractivity contribution < 1.29 is 30.9 Å². The molecule has 0 bridgehead atoms. The van der Waals surface area contributed by atoms with E-state index in [1.165, 1.54) is 16.5 Å². The van der Waals surface area contributed by atoms with E-state index in [0.29, 0.717) is 23.1 Å². The Bertz CT molecular complexity index is 1770. The minimum absolute atomic E-state index is 0. The minimum atomic E-state index is 0. The predicted molar refractivity (Wildman–Crippen MR) is 142 cm³/mol. The Hall–Kier alpha value is -3.69. The first-order chi connectivity index (χ1) is 17.7. The van der Waals surface area contributed by atoms with Crippen LogP contribution < -0.4 is 4.74 Å². The van der Waals surface area contributed by atoms with Gasteiger partial charge in [-0.1, -0.05) is 60.6 Å². The fourth-order valence-electron chi connectivity index (χ4n) is 5.26. The molecule has 1 saturated carbocycles. The molecule has 0 aliphatic heterocycles. The van der Waals surface area contributed by atoms with Crippen molar-refractivity contribution in [2.45, 2.75) is 32.1 Å². The van der Waals surface area contributed by atoms with Gasteiger partial charge in [-0.25, -0.2) is 9.97 Å².